The Morgan fingerprint density at radius 1 is 1.41 bits per heavy atom. The average Bonchev–Trinajstić information content (AvgIpc) is 2.28. The van der Waals surface area contributed by atoms with E-state index < -0.39 is 12.6 Å². The van der Waals surface area contributed by atoms with Gasteiger partial charge in [-0.15, -0.1) is 6.58 Å². The van der Waals surface area contributed by atoms with Crippen molar-refractivity contribution in [1.29, 1.82) is 5.41 Å². The van der Waals surface area contributed by atoms with E-state index in [9.17, 15) is 8.78 Å². The summed E-state index contributed by atoms with van der Waals surface area (Å²) in [6.07, 6.45) is 5.92. The van der Waals surface area contributed by atoms with Gasteiger partial charge in [0.15, 0.2) is 0 Å². The maximum absolute atomic E-state index is 13.2. The van der Waals surface area contributed by atoms with Gasteiger partial charge in [-0.25, -0.2) is 4.39 Å². The lowest BCUT2D eigenvalue weighted by atomic mass is 10.0. The Balaban J connectivity index is 5.76. The first-order valence-corrected chi connectivity index (χ1v) is 5.07. The second-order valence-corrected chi connectivity index (χ2v) is 3.09. The molecule has 17 heavy (non-hydrogen) atoms. The zero-order chi connectivity index (χ0) is 13.3. The van der Waals surface area contributed by atoms with E-state index in [-0.39, 0.29) is 23.3 Å². The summed E-state index contributed by atoms with van der Waals surface area (Å²) in [6, 6.07) is 0. The van der Waals surface area contributed by atoms with Crippen molar-refractivity contribution in [2.24, 2.45) is 4.99 Å². The van der Waals surface area contributed by atoms with Crippen molar-refractivity contribution in [2.75, 3.05) is 6.67 Å². The fourth-order valence-electron chi connectivity index (χ4n) is 1.29. The van der Waals surface area contributed by atoms with Crippen molar-refractivity contribution >= 4 is 12.2 Å². The molecular weight excluding hydrogens is 222 g/mol. The molecule has 0 atom stereocenters. The second kappa shape index (κ2) is 8.33. The van der Waals surface area contributed by atoms with Gasteiger partial charge in [-0.1, -0.05) is 18.7 Å². The van der Waals surface area contributed by atoms with Crippen LogP contribution in [0.3, 0.4) is 0 Å². The fourth-order valence-corrected chi connectivity index (χ4v) is 1.29. The van der Waals surface area contributed by atoms with Crippen molar-refractivity contribution in [3.8, 4) is 0 Å². The molecule has 0 radical (unpaired) electrons. The van der Waals surface area contributed by atoms with E-state index in [4.69, 9.17) is 5.41 Å². The molecule has 4 heteroatoms. The molecule has 2 nitrogen and oxygen atoms in total. The quantitative estimate of drug-likeness (QED) is 0.396. The summed E-state index contributed by atoms with van der Waals surface area (Å²) in [5.74, 6) is -1.21. The van der Waals surface area contributed by atoms with Gasteiger partial charge >= 0.3 is 0 Å². The zero-order valence-electron chi connectivity index (χ0n) is 9.84. The topological polar surface area (TPSA) is 36.2 Å². The van der Waals surface area contributed by atoms with Crippen molar-refractivity contribution in [1.82, 2.24) is 0 Å². The van der Waals surface area contributed by atoms with Gasteiger partial charge < -0.3 is 0 Å². The Hall–Kier alpha value is -1.84. The van der Waals surface area contributed by atoms with Crippen LogP contribution in [0.2, 0.25) is 0 Å². The maximum Gasteiger partial charge on any atom is 0.215 e. The molecule has 0 saturated carbocycles. The number of aliphatic imine (C=N–C) groups is 1. The molecule has 0 saturated heterocycles. The molecular formula is C13H16F2N2. The highest BCUT2D eigenvalue weighted by molar-refractivity contribution is 5.96. The smallest absolute Gasteiger partial charge is 0.215 e. The predicted octanol–water partition coefficient (Wildman–Crippen LogP) is 3.94. The van der Waals surface area contributed by atoms with Gasteiger partial charge in [-0.3, -0.25) is 10.4 Å². The maximum atomic E-state index is 13.2. The van der Waals surface area contributed by atoms with Crippen LogP contribution in [0, 0.1) is 5.41 Å². The van der Waals surface area contributed by atoms with Crippen LogP contribution in [0.15, 0.2) is 53.2 Å². The van der Waals surface area contributed by atoms with Gasteiger partial charge in [0.2, 0.25) is 5.97 Å². The van der Waals surface area contributed by atoms with E-state index in [1.807, 2.05) is 0 Å². The van der Waals surface area contributed by atoms with Crippen LogP contribution in [0.1, 0.15) is 13.3 Å². The molecule has 0 rings (SSSR count). The zero-order valence-corrected chi connectivity index (χ0v) is 9.84. The third-order valence-electron chi connectivity index (χ3n) is 1.93. The number of hydrogen-bond donors (Lipinski definition) is 1. The van der Waals surface area contributed by atoms with Crippen molar-refractivity contribution in [3.63, 3.8) is 0 Å². The van der Waals surface area contributed by atoms with Crippen LogP contribution in [0.25, 0.3) is 0 Å². The Kier molecular flexibility index (Phi) is 7.43. The fraction of sp³-hybridized carbons (Fsp3) is 0.231. The lowest BCUT2D eigenvalue weighted by molar-refractivity contribution is 0.535. The Morgan fingerprint density at radius 3 is 2.41 bits per heavy atom. The molecule has 0 bridgehead atoms. The average molecular weight is 238 g/mol. The van der Waals surface area contributed by atoms with Gasteiger partial charge in [0, 0.05) is 6.21 Å². The summed E-state index contributed by atoms with van der Waals surface area (Å²) < 4.78 is 26.0. The van der Waals surface area contributed by atoms with Crippen molar-refractivity contribution in [3.05, 3.63) is 48.2 Å². The number of rotatable bonds is 7. The van der Waals surface area contributed by atoms with E-state index in [0.29, 0.717) is 0 Å². The number of hydrogen-bond acceptors (Lipinski definition) is 2. The van der Waals surface area contributed by atoms with Gasteiger partial charge in [0.05, 0.1) is 11.3 Å². The number of allylic oxidation sites excluding steroid dienone is 5. The molecule has 0 aliphatic heterocycles. The molecule has 0 aromatic heterocycles. The highest BCUT2D eigenvalue weighted by Crippen LogP contribution is 2.21. The Labute approximate surface area is 100 Å². The summed E-state index contributed by atoms with van der Waals surface area (Å²) in [5.41, 5.74) is 0.195. The first kappa shape index (κ1) is 15.2. The lowest BCUT2D eigenvalue weighted by Gasteiger charge is -2.09. The SMILES string of the molecule is C=C/C=C(\N=C/C)C(/C(=N)F)=C(\CF)CC=C. The van der Waals surface area contributed by atoms with Crippen molar-refractivity contribution in [2.45, 2.75) is 13.3 Å². The predicted molar refractivity (Wildman–Crippen MR) is 69.1 cm³/mol. The minimum Gasteiger partial charge on any atom is -0.273 e. The molecule has 0 unspecified atom stereocenters. The van der Waals surface area contributed by atoms with E-state index in [1.54, 1.807) is 6.92 Å². The Bertz CT molecular complexity index is 390. The van der Waals surface area contributed by atoms with Crippen LogP contribution in [-0.2, 0) is 0 Å². The molecule has 0 aromatic carbocycles. The van der Waals surface area contributed by atoms with Gasteiger partial charge in [0.25, 0.3) is 0 Å². The number of nitrogens with one attached hydrogen (secondary N) is 1. The Morgan fingerprint density at radius 2 is 2.06 bits per heavy atom. The summed E-state index contributed by atoms with van der Waals surface area (Å²) >= 11 is 0. The van der Waals surface area contributed by atoms with Crippen LogP contribution >= 0.6 is 0 Å². The van der Waals surface area contributed by atoms with E-state index in [1.165, 1.54) is 24.4 Å². The summed E-state index contributed by atoms with van der Waals surface area (Å²) in [7, 11) is 0. The van der Waals surface area contributed by atoms with Crippen LogP contribution < -0.4 is 0 Å². The van der Waals surface area contributed by atoms with Crippen LogP contribution in [0.4, 0.5) is 8.78 Å². The lowest BCUT2D eigenvalue weighted by Crippen LogP contribution is -2.04. The van der Waals surface area contributed by atoms with Crippen LogP contribution in [-0.4, -0.2) is 18.9 Å². The highest BCUT2D eigenvalue weighted by Gasteiger charge is 2.15. The molecule has 0 aliphatic carbocycles. The molecule has 0 heterocycles. The summed E-state index contributed by atoms with van der Waals surface area (Å²) in [4.78, 5) is 3.91. The standard InChI is InChI=1S/C13H16F2N2/c1-4-7-10(9-14)12(13(15)16)11(8-5-2)17-6-3/h4-6,8,16H,1-2,7,9H2,3H3/b11-8-,12-10+,16-13?,17-6-. The third kappa shape index (κ3) is 4.68. The first-order chi connectivity index (χ1) is 8.12. The molecule has 0 amide bonds. The minimum atomic E-state index is -1.21. The normalized spacial score (nSPS) is 13.5. The molecule has 0 aromatic rings. The minimum absolute atomic E-state index is 0.134. The van der Waals surface area contributed by atoms with E-state index >= 15 is 0 Å². The monoisotopic (exact) mass is 238 g/mol. The molecule has 0 fully saturated rings. The van der Waals surface area contributed by atoms with Gasteiger partial charge in [-0.2, -0.15) is 4.39 Å². The van der Waals surface area contributed by atoms with Crippen molar-refractivity contribution < 1.29 is 8.78 Å². The van der Waals surface area contributed by atoms with Gasteiger partial charge in [0.1, 0.15) is 6.67 Å². The molecule has 92 valence electrons. The molecule has 0 aliphatic rings. The largest absolute Gasteiger partial charge is 0.273 e. The van der Waals surface area contributed by atoms with E-state index in [0.717, 1.165) is 0 Å². The van der Waals surface area contributed by atoms with E-state index in [2.05, 4.69) is 18.2 Å². The second-order valence-electron chi connectivity index (χ2n) is 3.09. The number of nitrogens with zero attached hydrogens (tertiary/aromatic N) is 1. The first-order valence-electron chi connectivity index (χ1n) is 5.07. The number of alkyl halides is 1. The van der Waals surface area contributed by atoms with Gasteiger partial charge in [-0.05, 0) is 25.0 Å². The summed E-state index contributed by atoms with van der Waals surface area (Å²) in [6.45, 7) is 7.75. The molecule has 0 spiro atoms. The number of halogens is 2. The third-order valence-corrected chi connectivity index (χ3v) is 1.93. The summed E-state index contributed by atoms with van der Waals surface area (Å²) in [5, 5.41) is 7.08. The van der Waals surface area contributed by atoms with Crippen LogP contribution in [0.5, 0.6) is 0 Å². The highest BCUT2D eigenvalue weighted by atomic mass is 19.1. The molecule has 1 N–H and O–H groups in total.